The summed E-state index contributed by atoms with van der Waals surface area (Å²) in [6, 6.07) is 4.45. The van der Waals surface area contributed by atoms with E-state index in [0.29, 0.717) is 11.3 Å². The maximum absolute atomic E-state index is 13.1. The molecule has 1 saturated heterocycles. The number of urea groups is 1. The first-order chi connectivity index (χ1) is 14.3. The number of imide groups is 1. The molecule has 31 heavy (non-hydrogen) atoms. The van der Waals surface area contributed by atoms with Gasteiger partial charge in [-0.3, -0.25) is 9.78 Å². The number of hydrogen-bond acceptors (Lipinski definition) is 6. The van der Waals surface area contributed by atoms with E-state index in [9.17, 15) is 31.2 Å². The quantitative estimate of drug-likeness (QED) is 0.694. The Labute approximate surface area is 176 Å². The molecule has 0 bridgehead atoms. The predicted molar refractivity (Wildman–Crippen MR) is 106 cm³/mol. The largest absolute Gasteiger partial charge is 0.501 e. The van der Waals surface area contributed by atoms with Crippen LogP contribution in [0.5, 0.6) is 0 Å². The number of hydrogen-bond donors (Lipinski definition) is 1. The molecule has 1 N–H and O–H groups in total. The first-order valence-corrected chi connectivity index (χ1v) is 10.5. The monoisotopic (exact) mass is 456 g/mol. The fraction of sp³-hybridized carbons (Fsp3) is 0.316. The summed E-state index contributed by atoms with van der Waals surface area (Å²) in [5.74, 6) is -0.594. The van der Waals surface area contributed by atoms with Gasteiger partial charge in [0.15, 0.2) is 0 Å². The Balaban J connectivity index is 1.95. The number of pyridine rings is 1. The van der Waals surface area contributed by atoms with E-state index in [1.807, 2.05) is 0 Å². The highest BCUT2D eigenvalue weighted by atomic mass is 32.2. The Morgan fingerprint density at radius 2 is 1.71 bits per heavy atom. The summed E-state index contributed by atoms with van der Waals surface area (Å²) in [6.45, 7) is 3.18. The lowest BCUT2D eigenvalue weighted by atomic mass is 10.0. The van der Waals surface area contributed by atoms with Crippen molar-refractivity contribution in [3.63, 3.8) is 0 Å². The van der Waals surface area contributed by atoms with Gasteiger partial charge in [0.05, 0.1) is 29.0 Å². The molecule has 0 radical (unpaired) electrons. The third-order valence-electron chi connectivity index (χ3n) is 5.04. The molecule has 2 aromatic rings. The van der Waals surface area contributed by atoms with Crippen molar-refractivity contribution in [3.05, 3.63) is 48.3 Å². The number of rotatable bonds is 5. The van der Waals surface area contributed by atoms with Crippen LogP contribution in [0, 0.1) is 0 Å². The number of benzene rings is 1. The molecule has 0 atom stereocenters. The van der Waals surface area contributed by atoms with Crippen molar-refractivity contribution in [1.82, 2.24) is 9.88 Å². The predicted octanol–water partition coefficient (Wildman–Crippen LogP) is 3.16. The summed E-state index contributed by atoms with van der Waals surface area (Å²) in [5.41, 5.74) is -5.36. The van der Waals surface area contributed by atoms with Crippen molar-refractivity contribution >= 4 is 33.2 Å². The second-order valence-electron chi connectivity index (χ2n) is 7.29. The Morgan fingerprint density at radius 3 is 2.26 bits per heavy atom. The lowest BCUT2D eigenvalue weighted by Crippen LogP contribution is -2.43. The summed E-state index contributed by atoms with van der Waals surface area (Å²) in [6.07, 6.45) is 3.12. The first-order valence-electron chi connectivity index (χ1n) is 9.00. The van der Waals surface area contributed by atoms with Crippen molar-refractivity contribution in [2.24, 2.45) is 0 Å². The second kappa shape index (κ2) is 7.52. The molecular formula is C19H19F3N4O4S. The van der Waals surface area contributed by atoms with Crippen molar-refractivity contribution in [3.8, 4) is 0 Å². The fourth-order valence-corrected chi connectivity index (χ4v) is 3.95. The summed E-state index contributed by atoms with van der Waals surface area (Å²) < 4.78 is 61.3. The van der Waals surface area contributed by atoms with Crippen LogP contribution in [0.4, 0.5) is 29.3 Å². The highest BCUT2D eigenvalue weighted by Crippen LogP contribution is 2.36. The van der Waals surface area contributed by atoms with Gasteiger partial charge in [0.2, 0.25) is 0 Å². The second-order valence-corrected chi connectivity index (χ2v) is 9.24. The van der Waals surface area contributed by atoms with Gasteiger partial charge < -0.3 is 10.2 Å². The van der Waals surface area contributed by atoms with Gasteiger partial charge in [-0.15, -0.1) is 0 Å². The smallest absolute Gasteiger partial charge is 0.387 e. The van der Waals surface area contributed by atoms with Crippen LogP contribution in [0.3, 0.4) is 0 Å². The maximum Gasteiger partial charge on any atom is 0.501 e. The van der Waals surface area contributed by atoms with Crippen LogP contribution in [0.1, 0.15) is 19.4 Å². The molecule has 3 amide bonds. The molecule has 166 valence electrons. The molecule has 2 heterocycles. The molecule has 0 saturated carbocycles. The Hall–Kier alpha value is -3.15. The average molecular weight is 456 g/mol. The molecule has 0 aliphatic carbocycles. The molecule has 1 aliphatic rings. The standard InChI is InChI=1S/C19H19F3N4O4S/c1-18(2)16(27)26(13-4-6-14(7-5-13)31(29,30)19(20,21)22)17(28)25(18)11-12-8-9-24-10-15(12)23-3/h4-10,23H,11H2,1-3H3. The van der Waals surface area contributed by atoms with Gasteiger partial charge >= 0.3 is 11.5 Å². The maximum atomic E-state index is 13.1. The number of amides is 3. The van der Waals surface area contributed by atoms with Crippen LogP contribution in [0.15, 0.2) is 47.6 Å². The van der Waals surface area contributed by atoms with Gasteiger partial charge in [-0.25, -0.2) is 18.1 Å². The van der Waals surface area contributed by atoms with Crippen molar-refractivity contribution in [1.29, 1.82) is 0 Å². The van der Waals surface area contributed by atoms with Gasteiger partial charge in [-0.1, -0.05) is 0 Å². The number of halogens is 3. The highest BCUT2D eigenvalue weighted by molar-refractivity contribution is 7.92. The Bertz CT molecular complexity index is 1130. The van der Waals surface area contributed by atoms with E-state index < -0.39 is 37.7 Å². The number of nitrogens with one attached hydrogen (secondary N) is 1. The average Bonchev–Trinajstić information content (AvgIpc) is 2.87. The number of nitrogens with zero attached hydrogens (tertiary/aromatic N) is 3. The number of aromatic nitrogens is 1. The zero-order valence-corrected chi connectivity index (χ0v) is 17.6. The van der Waals surface area contributed by atoms with Crippen LogP contribution >= 0.6 is 0 Å². The molecule has 1 aromatic carbocycles. The number of anilines is 2. The Kier molecular flexibility index (Phi) is 5.47. The van der Waals surface area contributed by atoms with Gasteiger partial charge in [0.1, 0.15) is 5.54 Å². The molecular weight excluding hydrogens is 437 g/mol. The van der Waals surface area contributed by atoms with Crippen molar-refractivity contribution < 1.29 is 31.2 Å². The lowest BCUT2D eigenvalue weighted by molar-refractivity contribution is -0.123. The third-order valence-corrected chi connectivity index (χ3v) is 6.54. The van der Waals surface area contributed by atoms with Crippen LogP contribution in [0.25, 0.3) is 0 Å². The fourth-order valence-electron chi connectivity index (χ4n) is 3.19. The van der Waals surface area contributed by atoms with E-state index >= 15 is 0 Å². The van der Waals surface area contributed by atoms with E-state index in [0.717, 1.165) is 29.2 Å². The number of carbonyl (C=O) groups excluding carboxylic acids is 2. The Morgan fingerprint density at radius 1 is 1.10 bits per heavy atom. The minimum absolute atomic E-state index is 0.0322. The number of alkyl halides is 3. The minimum atomic E-state index is -5.54. The minimum Gasteiger partial charge on any atom is -0.387 e. The zero-order valence-electron chi connectivity index (χ0n) is 16.8. The molecule has 0 spiro atoms. The van der Waals surface area contributed by atoms with Gasteiger partial charge in [0.25, 0.3) is 15.7 Å². The summed E-state index contributed by atoms with van der Waals surface area (Å²) in [7, 11) is -3.85. The van der Waals surface area contributed by atoms with E-state index in [2.05, 4.69) is 10.3 Å². The van der Waals surface area contributed by atoms with Crippen LogP contribution in [-0.2, 0) is 21.2 Å². The topological polar surface area (TPSA) is 99.7 Å². The third kappa shape index (κ3) is 3.71. The summed E-state index contributed by atoms with van der Waals surface area (Å²) in [4.78, 5) is 31.2. The first kappa shape index (κ1) is 22.5. The molecule has 3 rings (SSSR count). The van der Waals surface area contributed by atoms with Crippen LogP contribution in [-0.4, -0.2) is 48.3 Å². The summed E-state index contributed by atoms with van der Waals surface area (Å²) in [5, 5.41) is 2.95. The van der Waals surface area contributed by atoms with Gasteiger partial charge in [0, 0.05) is 13.2 Å². The normalized spacial score (nSPS) is 16.7. The summed E-state index contributed by atoms with van der Waals surface area (Å²) >= 11 is 0. The van der Waals surface area contributed by atoms with E-state index in [4.69, 9.17) is 0 Å². The SMILES string of the molecule is CNc1cnccc1CN1C(=O)N(c2ccc(S(=O)(=O)C(F)(F)F)cc2)C(=O)C1(C)C. The van der Waals surface area contributed by atoms with Crippen molar-refractivity contribution in [2.75, 3.05) is 17.3 Å². The number of carbonyl (C=O) groups is 2. The van der Waals surface area contributed by atoms with E-state index in [-0.39, 0.29) is 12.2 Å². The highest BCUT2D eigenvalue weighted by Gasteiger charge is 2.52. The zero-order chi connectivity index (χ0) is 23.2. The van der Waals surface area contributed by atoms with Gasteiger partial charge in [-0.05, 0) is 49.7 Å². The molecule has 1 aromatic heterocycles. The molecule has 0 unspecified atom stereocenters. The molecule has 1 aliphatic heterocycles. The number of sulfone groups is 1. The molecule has 12 heteroatoms. The van der Waals surface area contributed by atoms with Crippen LogP contribution in [0.2, 0.25) is 0 Å². The lowest BCUT2D eigenvalue weighted by Gasteiger charge is -2.28. The van der Waals surface area contributed by atoms with Crippen LogP contribution < -0.4 is 10.2 Å². The molecule has 1 fully saturated rings. The molecule has 8 nitrogen and oxygen atoms in total. The van der Waals surface area contributed by atoms with E-state index in [1.165, 1.54) is 4.90 Å². The van der Waals surface area contributed by atoms with E-state index in [1.54, 1.807) is 39.4 Å². The van der Waals surface area contributed by atoms with Crippen molar-refractivity contribution in [2.45, 2.75) is 36.3 Å². The van der Waals surface area contributed by atoms with Gasteiger partial charge in [-0.2, -0.15) is 13.2 Å².